The Balaban J connectivity index is 1.43. The molecule has 2 aromatic carbocycles. The molecule has 1 aliphatic rings. The highest BCUT2D eigenvalue weighted by atomic mass is 16.5. The van der Waals surface area contributed by atoms with Crippen molar-refractivity contribution in [2.75, 3.05) is 26.3 Å². The molecular weight excluding hydrogens is 424 g/mol. The fourth-order valence-electron chi connectivity index (χ4n) is 3.76. The highest BCUT2D eigenvalue weighted by molar-refractivity contribution is 5.93. The van der Waals surface area contributed by atoms with Gasteiger partial charge in [-0.05, 0) is 35.1 Å². The van der Waals surface area contributed by atoms with Crippen molar-refractivity contribution in [3.8, 4) is 23.0 Å². The second kappa shape index (κ2) is 11.7. The maximum absolute atomic E-state index is 12.1. The number of rotatable bonds is 9. The van der Waals surface area contributed by atoms with Crippen LogP contribution in [0.1, 0.15) is 30.4 Å². The molecule has 0 saturated carbocycles. The van der Waals surface area contributed by atoms with Gasteiger partial charge >= 0.3 is 12.1 Å². The summed E-state index contributed by atoms with van der Waals surface area (Å²) in [4.78, 5) is 34.7. The Hall–Kier alpha value is -3.83. The van der Waals surface area contributed by atoms with Crippen LogP contribution in [0, 0.1) is 11.8 Å². The summed E-state index contributed by atoms with van der Waals surface area (Å²) in [6.45, 7) is 2.24. The highest BCUT2D eigenvalue weighted by Gasteiger charge is 2.28. The lowest BCUT2D eigenvalue weighted by Crippen LogP contribution is -2.34. The van der Waals surface area contributed by atoms with Crippen molar-refractivity contribution < 1.29 is 29.0 Å². The number of hydrogen-bond donors (Lipinski definition) is 3. The highest BCUT2D eigenvalue weighted by Crippen LogP contribution is 2.44. The Bertz CT molecular complexity index is 1030. The summed E-state index contributed by atoms with van der Waals surface area (Å²) in [6.07, 6.45) is -1.47. The Labute approximate surface area is 192 Å². The molecular formula is C25H26N2O6. The van der Waals surface area contributed by atoms with E-state index in [0.29, 0.717) is 6.61 Å². The topological polar surface area (TPSA) is 114 Å². The Morgan fingerprint density at radius 2 is 1.67 bits per heavy atom. The van der Waals surface area contributed by atoms with Crippen molar-refractivity contribution in [1.29, 1.82) is 0 Å². The average Bonchev–Trinajstić information content (AvgIpc) is 3.12. The molecule has 0 bridgehead atoms. The van der Waals surface area contributed by atoms with E-state index in [4.69, 9.17) is 14.6 Å². The van der Waals surface area contributed by atoms with E-state index in [0.717, 1.165) is 22.3 Å². The normalized spacial score (nSPS) is 12.5. The van der Waals surface area contributed by atoms with Crippen molar-refractivity contribution in [3.05, 3.63) is 59.7 Å². The van der Waals surface area contributed by atoms with Crippen LogP contribution in [-0.2, 0) is 19.1 Å². The Morgan fingerprint density at radius 3 is 2.27 bits per heavy atom. The standard InChI is InChI=1S/C25H26N2O6/c1-2-32-17(14-24(29)30)15-27-23(28)12-7-13-26-25(31)33-16-22-20-10-5-3-8-18(20)19-9-4-6-11-21(19)22/h3-6,8-11,17,22H,2,13-16H2,1H3,(H,26,31)(H,27,28)(H,29,30). The molecule has 1 unspecified atom stereocenters. The van der Waals surface area contributed by atoms with Crippen LogP contribution in [0.3, 0.4) is 0 Å². The minimum Gasteiger partial charge on any atom is -0.481 e. The number of carbonyl (C=O) groups is 3. The maximum atomic E-state index is 12.1. The zero-order valence-electron chi connectivity index (χ0n) is 18.3. The quantitative estimate of drug-likeness (QED) is 0.506. The lowest BCUT2D eigenvalue weighted by molar-refractivity contribution is -0.140. The molecule has 3 N–H and O–H groups in total. The molecule has 0 fully saturated rings. The molecule has 2 aromatic rings. The third-order valence-corrected chi connectivity index (χ3v) is 5.16. The van der Waals surface area contributed by atoms with E-state index in [9.17, 15) is 14.4 Å². The molecule has 8 nitrogen and oxygen atoms in total. The molecule has 0 radical (unpaired) electrons. The van der Waals surface area contributed by atoms with Crippen LogP contribution in [0.5, 0.6) is 0 Å². The summed E-state index contributed by atoms with van der Waals surface area (Å²) >= 11 is 0. The molecule has 1 aliphatic carbocycles. The maximum Gasteiger partial charge on any atom is 0.407 e. The molecule has 0 saturated heterocycles. The fourth-order valence-corrected chi connectivity index (χ4v) is 3.76. The Morgan fingerprint density at radius 1 is 1.03 bits per heavy atom. The van der Waals surface area contributed by atoms with E-state index < -0.39 is 24.1 Å². The number of carboxylic acid groups (broad SMARTS) is 1. The van der Waals surface area contributed by atoms with Gasteiger partial charge in [0.05, 0.1) is 19.1 Å². The first-order valence-corrected chi connectivity index (χ1v) is 10.7. The van der Waals surface area contributed by atoms with E-state index in [1.54, 1.807) is 6.92 Å². The zero-order valence-corrected chi connectivity index (χ0v) is 18.3. The van der Waals surface area contributed by atoms with Crippen molar-refractivity contribution in [2.24, 2.45) is 0 Å². The second-order valence-corrected chi connectivity index (χ2v) is 7.37. The monoisotopic (exact) mass is 450 g/mol. The molecule has 0 aromatic heterocycles. The predicted molar refractivity (Wildman–Crippen MR) is 122 cm³/mol. The lowest BCUT2D eigenvalue weighted by atomic mass is 9.98. The first-order valence-electron chi connectivity index (χ1n) is 10.7. The van der Waals surface area contributed by atoms with Crippen LogP contribution in [0.4, 0.5) is 4.79 Å². The number of ether oxygens (including phenoxy) is 2. The number of nitrogens with one attached hydrogen (secondary N) is 2. The molecule has 172 valence electrons. The van der Waals surface area contributed by atoms with Gasteiger partial charge in [-0.1, -0.05) is 54.5 Å². The molecule has 2 amide bonds. The van der Waals surface area contributed by atoms with Crippen LogP contribution >= 0.6 is 0 Å². The zero-order chi connectivity index (χ0) is 23.6. The van der Waals surface area contributed by atoms with E-state index in [1.807, 2.05) is 36.4 Å². The molecule has 8 heteroatoms. The van der Waals surface area contributed by atoms with Crippen molar-refractivity contribution in [1.82, 2.24) is 10.6 Å². The van der Waals surface area contributed by atoms with Crippen molar-refractivity contribution in [2.45, 2.75) is 25.4 Å². The van der Waals surface area contributed by atoms with Gasteiger partial charge in [0.2, 0.25) is 0 Å². The van der Waals surface area contributed by atoms with E-state index >= 15 is 0 Å². The third-order valence-electron chi connectivity index (χ3n) is 5.16. The van der Waals surface area contributed by atoms with Gasteiger partial charge < -0.3 is 25.2 Å². The molecule has 3 rings (SSSR count). The van der Waals surface area contributed by atoms with Crippen LogP contribution < -0.4 is 10.6 Å². The largest absolute Gasteiger partial charge is 0.481 e. The summed E-state index contributed by atoms with van der Waals surface area (Å²) in [7, 11) is 0. The van der Waals surface area contributed by atoms with Crippen LogP contribution in [0.15, 0.2) is 48.5 Å². The number of carboxylic acids is 1. The number of amides is 2. The molecule has 0 heterocycles. The smallest absolute Gasteiger partial charge is 0.407 e. The van der Waals surface area contributed by atoms with Gasteiger partial charge in [-0.25, -0.2) is 4.79 Å². The van der Waals surface area contributed by atoms with Crippen molar-refractivity contribution in [3.63, 3.8) is 0 Å². The minimum absolute atomic E-state index is 0.0352. The average molecular weight is 450 g/mol. The van der Waals surface area contributed by atoms with Gasteiger partial charge in [0, 0.05) is 19.1 Å². The molecule has 33 heavy (non-hydrogen) atoms. The first kappa shape index (κ1) is 23.8. The molecule has 0 aliphatic heterocycles. The minimum atomic E-state index is -1.01. The summed E-state index contributed by atoms with van der Waals surface area (Å²) in [5.74, 6) is 3.24. The van der Waals surface area contributed by atoms with Crippen molar-refractivity contribution >= 4 is 18.0 Å². The molecule has 0 spiro atoms. The SMILES string of the molecule is CCOC(CNC(=O)C#CCNC(=O)OCC1c2ccccc2-c2ccccc21)CC(=O)O. The lowest BCUT2D eigenvalue weighted by Gasteiger charge is -2.14. The van der Waals surface area contributed by atoms with Gasteiger partial charge in [0.15, 0.2) is 0 Å². The summed E-state index contributed by atoms with van der Waals surface area (Å²) in [6, 6.07) is 16.1. The van der Waals surface area contributed by atoms with Crippen LogP contribution in [-0.4, -0.2) is 55.5 Å². The fraction of sp³-hybridized carbons (Fsp3) is 0.320. The van der Waals surface area contributed by atoms with E-state index in [2.05, 4.69) is 34.6 Å². The number of carbonyl (C=O) groups excluding carboxylic acids is 2. The number of hydrogen-bond acceptors (Lipinski definition) is 5. The van der Waals surface area contributed by atoms with E-state index in [1.165, 1.54) is 0 Å². The van der Waals surface area contributed by atoms with Gasteiger partial charge in [0.25, 0.3) is 5.91 Å². The van der Waals surface area contributed by atoms with E-state index in [-0.39, 0.29) is 32.0 Å². The number of aliphatic carboxylic acids is 1. The Kier molecular flexibility index (Phi) is 8.44. The molecule has 1 atom stereocenters. The first-order chi connectivity index (χ1) is 16.0. The predicted octanol–water partition coefficient (Wildman–Crippen LogP) is 2.52. The third kappa shape index (κ3) is 6.57. The summed E-state index contributed by atoms with van der Waals surface area (Å²) < 4.78 is 10.7. The van der Waals surface area contributed by atoms with Crippen LogP contribution in [0.25, 0.3) is 11.1 Å². The summed E-state index contributed by atoms with van der Waals surface area (Å²) in [5.41, 5.74) is 4.54. The number of fused-ring (bicyclic) bond motifs is 3. The van der Waals surface area contributed by atoms with Gasteiger partial charge in [-0.2, -0.15) is 0 Å². The summed E-state index contributed by atoms with van der Waals surface area (Å²) in [5, 5.41) is 13.8. The van der Waals surface area contributed by atoms with Gasteiger partial charge in [-0.15, -0.1) is 0 Å². The second-order valence-electron chi connectivity index (χ2n) is 7.37. The number of benzene rings is 2. The number of alkyl carbamates (subject to hydrolysis) is 1. The van der Waals surface area contributed by atoms with Gasteiger partial charge in [0.1, 0.15) is 6.61 Å². The van der Waals surface area contributed by atoms with Gasteiger partial charge in [-0.3, -0.25) is 9.59 Å². The van der Waals surface area contributed by atoms with Crippen LogP contribution in [0.2, 0.25) is 0 Å².